The molecule has 352 valence electrons. The predicted molar refractivity (Wildman–Crippen MR) is 218 cm³/mol. The Hall–Kier alpha value is -9.24. The van der Waals surface area contributed by atoms with Gasteiger partial charge in [-0.1, -0.05) is 0 Å². The fourth-order valence-electron chi connectivity index (χ4n) is 2.03. The minimum Gasteiger partial charge on any atom is -0.356 e. The van der Waals surface area contributed by atoms with Gasteiger partial charge in [0.15, 0.2) is 0 Å². The first-order valence-electron chi connectivity index (χ1n) is 15.8. The maximum atomic E-state index is 8.25. The van der Waals surface area contributed by atoms with Crippen LogP contribution in [0.1, 0.15) is 0 Å². The van der Waals surface area contributed by atoms with E-state index < -0.39 is 20.3 Å². The van der Waals surface area contributed by atoms with Crippen LogP contribution in [0.4, 0.5) is 0 Å². The van der Waals surface area contributed by atoms with E-state index in [1.54, 1.807) is 148 Å². The summed E-state index contributed by atoms with van der Waals surface area (Å²) in [6.07, 6.45) is 39.0. The van der Waals surface area contributed by atoms with Crippen LogP contribution in [0.5, 0.6) is 0 Å². The van der Waals surface area contributed by atoms with Crippen molar-refractivity contribution in [2.45, 2.75) is 0 Å². The SMILES string of the molecule is O=[N+]([O-])[O-].O=[N+]([O-])[O-].O=[N+]([O-])[O-].O=[N+]([O-])[O-].[Pd+2].[Pd+2].c1cncnc1.c1cncnc1.c1cncnc1.c1cncnc1.c1cncnc1.c1cncnc1.c1cncnc1.c1cncnc1. The fraction of sp³-hybridized carbons (Fsp3) is 0. The van der Waals surface area contributed by atoms with Gasteiger partial charge in [0.25, 0.3) is 0 Å². The Labute approximate surface area is 399 Å². The van der Waals surface area contributed by atoms with Crippen LogP contribution in [0.3, 0.4) is 0 Å². The van der Waals surface area contributed by atoms with E-state index in [9.17, 15) is 0 Å². The summed E-state index contributed by atoms with van der Waals surface area (Å²) < 4.78 is 0. The van der Waals surface area contributed by atoms with E-state index in [2.05, 4.69) is 79.7 Å². The van der Waals surface area contributed by atoms with Crippen LogP contribution in [-0.4, -0.2) is 100 Å². The molecular formula is C32H32N20O12Pd2. The first-order chi connectivity index (χ1) is 30.9. The van der Waals surface area contributed by atoms with Gasteiger partial charge in [0.05, 0.1) is 20.3 Å². The van der Waals surface area contributed by atoms with Crippen LogP contribution in [0.2, 0.25) is 0 Å². The molecule has 0 saturated heterocycles. The van der Waals surface area contributed by atoms with Gasteiger partial charge in [0, 0.05) is 99.1 Å². The third kappa shape index (κ3) is 105. The van der Waals surface area contributed by atoms with Gasteiger partial charge in [-0.2, -0.15) is 0 Å². The molecule has 0 unspecified atom stereocenters. The van der Waals surface area contributed by atoms with Gasteiger partial charge in [0.2, 0.25) is 0 Å². The molecular weight excluding hydrogens is 1070 g/mol. The molecule has 66 heavy (non-hydrogen) atoms. The maximum Gasteiger partial charge on any atom is 2.00 e. The topological polar surface area (TPSA) is 471 Å². The minimum absolute atomic E-state index is 0. The molecule has 8 rings (SSSR count). The molecule has 0 aromatic carbocycles. The Bertz CT molecular complexity index is 1390. The third-order valence-corrected chi connectivity index (χ3v) is 3.82. The van der Waals surface area contributed by atoms with Crippen molar-refractivity contribution < 1.29 is 61.2 Å². The van der Waals surface area contributed by atoms with E-state index in [1.807, 2.05) is 0 Å². The molecule has 8 aromatic heterocycles. The molecule has 0 fully saturated rings. The summed E-state index contributed by atoms with van der Waals surface area (Å²) in [5, 5.41) is 59.0. The van der Waals surface area contributed by atoms with Crippen molar-refractivity contribution in [3.05, 3.63) is 260 Å². The van der Waals surface area contributed by atoms with E-state index in [-0.39, 0.29) is 40.8 Å². The smallest absolute Gasteiger partial charge is 0.356 e. The quantitative estimate of drug-likeness (QED) is 0.120. The number of hydrogen-bond donors (Lipinski definition) is 0. The summed E-state index contributed by atoms with van der Waals surface area (Å²) in [6.45, 7) is 0. The van der Waals surface area contributed by atoms with Gasteiger partial charge in [0.1, 0.15) is 50.6 Å². The number of rotatable bonds is 0. The van der Waals surface area contributed by atoms with Crippen LogP contribution < -0.4 is 0 Å². The first-order valence-corrected chi connectivity index (χ1v) is 15.8. The van der Waals surface area contributed by atoms with E-state index >= 15 is 0 Å². The predicted octanol–water partition coefficient (Wildman–Crippen LogP) is 2.85. The summed E-state index contributed by atoms with van der Waals surface area (Å²) in [6, 6.07) is 14.2. The van der Waals surface area contributed by atoms with Crippen molar-refractivity contribution in [1.29, 1.82) is 0 Å². The zero-order valence-corrected chi connectivity index (χ0v) is 36.1. The molecule has 0 aliphatic rings. The van der Waals surface area contributed by atoms with E-state index in [4.69, 9.17) is 61.3 Å². The second-order valence-electron chi connectivity index (χ2n) is 8.13. The monoisotopic (exact) mass is 1100 g/mol. The Morgan fingerprint density at radius 3 is 0.273 bits per heavy atom. The van der Waals surface area contributed by atoms with Gasteiger partial charge in [-0.3, -0.25) is 0 Å². The van der Waals surface area contributed by atoms with Crippen LogP contribution in [-0.2, 0) is 40.8 Å². The average Bonchev–Trinajstić information content (AvgIpc) is 3.34. The van der Waals surface area contributed by atoms with Crippen molar-refractivity contribution in [3.8, 4) is 0 Å². The number of hydrogen-bond acceptors (Lipinski definition) is 28. The van der Waals surface area contributed by atoms with E-state index in [0.717, 1.165) is 0 Å². The van der Waals surface area contributed by atoms with Crippen LogP contribution >= 0.6 is 0 Å². The zero-order chi connectivity index (χ0) is 48.3. The number of aromatic nitrogens is 16. The first kappa shape index (κ1) is 68.5. The minimum atomic E-state index is -1.75. The molecule has 8 heterocycles. The summed E-state index contributed by atoms with van der Waals surface area (Å²) in [5.41, 5.74) is 0. The second kappa shape index (κ2) is 64.9. The molecule has 0 amide bonds. The summed E-state index contributed by atoms with van der Waals surface area (Å²) in [5.74, 6) is 0. The molecule has 0 bridgehead atoms. The van der Waals surface area contributed by atoms with Crippen molar-refractivity contribution in [1.82, 2.24) is 79.7 Å². The van der Waals surface area contributed by atoms with E-state index in [1.165, 1.54) is 50.6 Å². The van der Waals surface area contributed by atoms with Gasteiger partial charge in [-0.15, -0.1) is 0 Å². The Balaban J connectivity index is -0.000000149. The molecule has 0 spiro atoms. The summed E-state index contributed by atoms with van der Waals surface area (Å²) in [4.78, 5) is 91.8. The van der Waals surface area contributed by atoms with Crippen molar-refractivity contribution >= 4 is 0 Å². The Morgan fingerprint density at radius 2 is 0.258 bits per heavy atom. The molecule has 8 aromatic rings. The molecule has 0 aliphatic heterocycles. The van der Waals surface area contributed by atoms with Gasteiger partial charge in [-0.25, -0.2) is 79.7 Å². The van der Waals surface area contributed by atoms with Crippen LogP contribution in [0.15, 0.2) is 198 Å². The van der Waals surface area contributed by atoms with Crippen LogP contribution in [0.25, 0.3) is 0 Å². The van der Waals surface area contributed by atoms with Gasteiger partial charge in [-0.05, 0) is 48.5 Å². The fourth-order valence-corrected chi connectivity index (χ4v) is 2.03. The van der Waals surface area contributed by atoms with Gasteiger partial charge < -0.3 is 61.3 Å². The third-order valence-electron chi connectivity index (χ3n) is 3.82. The maximum absolute atomic E-state index is 8.25. The largest absolute Gasteiger partial charge is 2.00 e. The van der Waals surface area contributed by atoms with E-state index in [0.29, 0.717) is 0 Å². The molecule has 0 radical (unpaired) electrons. The molecule has 32 nitrogen and oxygen atoms in total. The van der Waals surface area contributed by atoms with Gasteiger partial charge >= 0.3 is 40.8 Å². The van der Waals surface area contributed by atoms with Crippen molar-refractivity contribution in [2.24, 2.45) is 0 Å². The normalized spacial score (nSPS) is 7.27. The Morgan fingerprint density at radius 1 is 0.197 bits per heavy atom. The second-order valence-corrected chi connectivity index (χ2v) is 8.13. The number of nitrogens with zero attached hydrogens (tertiary/aromatic N) is 20. The zero-order valence-electron chi connectivity index (χ0n) is 33.0. The molecule has 34 heteroatoms. The molecule has 0 N–H and O–H groups in total. The summed E-state index contributed by atoms with van der Waals surface area (Å²) in [7, 11) is 0. The molecule has 0 atom stereocenters. The average molecular weight is 1100 g/mol. The van der Waals surface area contributed by atoms with Crippen LogP contribution in [0, 0.1) is 61.3 Å². The van der Waals surface area contributed by atoms with Crippen molar-refractivity contribution in [2.75, 3.05) is 0 Å². The van der Waals surface area contributed by atoms with Crippen molar-refractivity contribution in [3.63, 3.8) is 0 Å². The Kier molecular flexibility index (Phi) is 67.4. The molecule has 0 saturated carbocycles. The summed E-state index contributed by atoms with van der Waals surface area (Å²) >= 11 is 0. The molecule has 0 aliphatic carbocycles. The standard InChI is InChI=1S/8C4H4N2.4NO3.2Pd/c8*1-2-5-4-6-3-1;4*2-1(3)4;;/h8*1-4H;;;;;;/q;;;;;;;;4*-1;2*+2.